The number of imide groups is 6. The van der Waals surface area contributed by atoms with E-state index in [0.717, 1.165) is 0 Å². The van der Waals surface area contributed by atoms with Crippen LogP contribution in [0.1, 0.15) is 18.4 Å². The van der Waals surface area contributed by atoms with Gasteiger partial charge in [-0.05, 0) is 36.5 Å². The monoisotopic (exact) mass is 538 g/mol. The van der Waals surface area contributed by atoms with Crippen LogP contribution >= 0.6 is 0 Å². The number of carbonyl (C=O) groups excluding carboxylic acids is 6. The van der Waals surface area contributed by atoms with Crippen LogP contribution in [-0.2, 0) is 19.2 Å². The Hall–Kier alpha value is -4.68. The van der Waals surface area contributed by atoms with Gasteiger partial charge in [-0.1, -0.05) is 23.8 Å². The minimum absolute atomic E-state index is 0.0167. The molecule has 0 aromatic heterocycles. The molecule has 5 N–H and O–H groups in total. The Morgan fingerprint density at radius 1 is 0.872 bits per heavy atom. The first-order chi connectivity index (χ1) is 18.5. The Balaban J connectivity index is 1.60. The lowest BCUT2D eigenvalue weighted by molar-refractivity contribution is -0.138. The summed E-state index contributed by atoms with van der Waals surface area (Å²) < 4.78 is 10.4. The normalized spacial score (nSPS) is 29.7. The van der Waals surface area contributed by atoms with Gasteiger partial charge in [-0.25, -0.2) is 9.59 Å². The van der Waals surface area contributed by atoms with Crippen molar-refractivity contribution in [1.29, 1.82) is 0 Å². The van der Waals surface area contributed by atoms with E-state index in [4.69, 9.17) is 20.9 Å². The quantitative estimate of drug-likeness (QED) is 0.365. The largest absolute Gasteiger partial charge is 0.502 e. The molecule has 0 radical (unpaired) electrons. The third-order valence-electron chi connectivity index (χ3n) is 8.14. The number of phenols is 1. The molecule has 204 valence electrons. The molecule has 2 heterocycles. The number of fused-ring (bicyclic) bond motifs is 4. The number of methoxy groups -OCH3 is 2. The van der Waals surface area contributed by atoms with Gasteiger partial charge in [0.1, 0.15) is 0 Å². The maximum Gasteiger partial charge on any atom is 0.328 e. The molecule has 4 aliphatic rings. The molecule has 1 aromatic rings. The summed E-state index contributed by atoms with van der Waals surface area (Å²) in [6, 6.07) is 0.711. The number of primary amides is 2. The number of allylic oxidation sites excluding steroid dienone is 3. The number of rotatable bonds is 4. The molecule has 5 rings (SSSR count). The zero-order valence-corrected chi connectivity index (χ0v) is 21.0. The average molecular weight is 539 g/mol. The molecule has 0 spiro atoms. The summed E-state index contributed by atoms with van der Waals surface area (Å²) >= 11 is 0. The van der Waals surface area contributed by atoms with Crippen molar-refractivity contribution in [3.05, 3.63) is 35.4 Å². The number of urea groups is 2. The molecular weight excluding hydrogens is 512 g/mol. The number of likely N-dealkylation sites (tertiary alicyclic amines) is 2. The highest BCUT2D eigenvalue weighted by Crippen LogP contribution is 2.55. The predicted octanol–water partition coefficient (Wildman–Crippen LogP) is 0.749. The summed E-state index contributed by atoms with van der Waals surface area (Å²) in [5.74, 6) is -8.00. The van der Waals surface area contributed by atoms with Crippen molar-refractivity contribution in [3.63, 3.8) is 0 Å². The summed E-state index contributed by atoms with van der Waals surface area (Å²) in [6.45, 7) is 0. The molecule has 2 aliphatic carbocycles. The SMILES string of the molecule is COc1cc(C=CC2C3=CCC4C(=O)N(C(N)=O)C(=O)C4C3CC3C(=O)N(C(N)=O)C(=O)C23)cc(OC)c1O. The molecule has 6 unspecified atom stereocenters. The number of phenolic OH excluding ortho intramolecular Hbond substituents is 1. The lowest BCUT2D eigenvalue weighted by Gasteiger charge is -2.42. The highest BCUT2D eigenvalue weighted by molar-refractivity contribution is 6.18. The molecule has 2 saturated heterocycles. The van der Waals surface area contributed by atoms with E-state index in [1.807, 2.05) is 0 Å². The number of ether oxygens (including phenoxy) is 2. The van der Waals surface area contributed by atoms with E-state index in [-0.39, 0.29) is 30.1 Å². The second-order valence-electron chi connectivity index (χ2n) is 9.91. The van der Waals surface area contributed by atoms with Crippen LogP contribution in [0.5, 0.6) is 17.2 Å². The summed E-state index contributed by atoms with van der Waals surface area (Å²) in [5, 5.41) is 10.2. The van der Waals surface area contributed by atoms with Gasteiger partial charge in [-0.2, -0.15) is 9.80 Å². The second kappa shape index (κ2) is 9.26. The van der Waals surface area contributed by atoms with E-state index in [1.54, 1.807) is 30.4 Å². The maximum absolute atomic E-state index is 13.3. The molecular formula is C26H26N4O9. The van der Waals surface area contributed by atoms with Gasteiger partial charge in [0.25, 0.3) is 0 Å². The first kappa shape index (κ1) is 25.9. The van der Waals surface area contributed by atoms with Crippen molar-refractivity contribution in [2.75, 3.05) is 14.2 Å². The van der Waals surface area contributed by atoms with Crippen molar-refractivity contribution in [2.45, 2.75) is 12.8 Å². The van der Waals surface area contributed by atoms with E-state index in [2.05, 4.69) is 0 Å². The predicted molar refractivity (Wildman–Crippen MR) is 131 cm³/mol. The van der Waals surface area contributed by atoms with Crippen molar-refractivity contribution < 1.29 is 43.3 Å². The molecule has 1 saturated carbocycles. The number of nitrogens with zero attached hydrogens (tertiary/aromatic N) is 2. The molecule has 3 fully saturated rings. The lowest BCUT2D eigenvalue weighted by atomic mass is 9.58. The minimum Gasteiger partial charge on any atom is -0.502 e. The van der Waals surface area contributed by atoms with Crippen LogP contribution in [0, 0.1) is 35.5 Å². The van der Waals surface area contributed by atoms with Crippen LogP contribution in [0.15, 0.2) is 29.9 Å². The third kappa shape index (κ3) is 3.75. The van der Waals surface area contributed by atoms with Crippen LogP contribution in [0.3, 0.4) is 0 Å². The number of amides is 8. The highest BCUT2D eigenvalue weighted by atomic mass is 16.5. The van der Waals surface area contributed by atoms with E-state index < -0.39 is 71.2 Å². The molecule has 6 atom stereocenters. The average Bonchev–Trinajstić information content (AvgIpc) is 3.31. The number of hydrogen-bond acceptors (Lipinski definition) is 9. The zero-order chi connectivity index (χ0) is 28.3. The van der Waals surface area contributed by atoms with E-state index in [9.17, 15) is 33.9 Å². The minimum atomic E-state index is -1.20. The van der Waals surface area contributed by atoms with Gasteiger partial charge in [0.05, 0.1) is 37.9 Å². The van der Waals surface area contributed by atoms with Gasteiger partial charge in [0.15, 0.2) is 11.5 Å². The molecule has 2 aliphatic heterocycles. The lowest BCUT2D eigenvalue weighted by Crippen LogP contribution is -2.44. The topological polar surface area (TPSA) is 200 Å². The van der Waals surface area contributed by atoms with Crippen molar-refractivity contribution in [2.24, 2.45) is 47.0 Å². The number of benzene rings is 1. The van der Waals surface area contributed by atoms with Gasteiger partial charge in [-0.3, -0.25) is 19.2 Å². The number of nitrogens with two attached hydrogens (primary N) is 2. The van der Waals surface area contributed by atoms with Gasteiger partial charge in [0, 0.05) is 5.92 Å². The standard InChI is InChI=1S/C26H26N4O9/c1-38-16-7-10(8-17(39-2)20(16)31)3-4-12-11-5-6-13-19(24(35)29(21(13)32)25(27)36)14(11)9-15-18(12)23(34)30(22(15)33)26(28)37/h3-5,7-8,12-15,18-19,31H,6,9H2,1-2H3,(H2,27,36)(H2,28,37). The summed E-state index contributed by atoms with van der Waals surface area (Å²) in [6.07, 6.45) is 5.22. The molecule has 0 bridgehead atoms. The number of aromatic hydroxyl groups is 1. The van der Waals surface area contributed by atoms with E-state index >= 15 is 0 Å². The Kier molecular flexibility index (Phi) is 6.16. The smallest absolute Gasteiger partial charge is 0.328 e. The summed E-state index contributed by atoms with van der Waals surface area (Å²) in [5.41, 5.74) is 11.8. The van der Waals surface area contributed by atoms with Gasteiger partial charge >= 0.3 is 12.1 Å². The van der Waals surface area contributed by atoms with Crippen LogP contribution in [0.2, 0.25) is 0 Å². The molecule has 13 heteroatoms. The van der Waals surface area contributed by atoms with E-state index in [0.29, 0.717) is 20.9 Å². The van der Waals surface area contributed by atoms with Crippen LogP contribution in [0.25, 0.3) is 6.08 Å². The van der Waals surface area contributed by atoms with Gasteiger partial charge < -0.3 is 26.0 Å². The third-order valence-corrected chi connectivity index (χ3v) is 8.14. The number of carbonyl (C=O) groups is 6. The van der Waals surface area contributed by atoms with E-state index in [1.165, 1.54) is 14.2 Å². The van der Waals surface area contributed by atoms with Gasteiger partial charge in [-0.15, -0.1) is 0 Å². The van der Waals surface area contributed by atoms with Gasteiger partial charge in [0.2, 0.25) is 29.4 Å². The summed E-state index contributed by atoms with van der Waals surface area (Å²) in [4.78, 5) is 77.2. The maximum atomic E-state index is 13.3. The van der Waals surface area contributed by atoms with Crippen molar-refractivity contribution in [3.8, 4) is 17.2 Å². The Labute approximate surface area is 222 Å². The van der Waals surface area contributed by atoms with Crippen molar-refractivity contribution >= 4 is 41.8 Å². The Morgan fingerprint density at radius 3 is 1.95 bits per heavy atom. The van der Waals surface area contributed by atoms with Crippen molar-refractivity contribution in [1.82, 2.24) is 9.80 Å². The summed E-state index contributed by atoms with van der Waals surface area (Å²) in [7, 11) is 2.75. The Morgan fingerprint density at radius 2 is 1.41 bits per heavy atom. The fraction of sp³-hybridized carbons (Fsp3) is 0.385. The molecule has 1 aromatic carbocycles. The Bertz CT molecular complexity index is 1370. The first-order valence-electron chi connectivity index (χ1n) is 12.2. The molecule has 39 heavy (non-hydrogen) atoms. The second-order valence-corrected chi connectivity index (χ2v) is 9.91. The first-order valence-corrected chi connectivity index (χ1v) is 12.2. The van der Waals surface area contributed by atoms with Crippen LogP contribution in [-0.4, -0.2) is 64.8 Å². The fourth-order valence-corrected chi connectivity index (χ4v) is 6.51. The number of hydrogen-bond donors (Lipinski definition) is 3. The molecule has 13 nitrogen and oxygen atoms in total. The highest BCUT2D eigenvalue weighted by Gasteiger charge is 2.62. The van der Waals surface area contributed by atoms with Crippen LogP contribution in [0.4, 0.5) is 9.59 Å². The van der Waals surface area contributed by atoms with Crippen LogP contribution < -0.4 is 20.9 Å². The fourth-order valence-electron chi connectivity index (χ4n) is 6.51. The molecule has 8 amide bonds. The zero-order valence-electron chi connectivity index (χ0n) is 21.0.